The summed E-state index contributed by atoms with van der Waals surface area (Å²) in [6.07, 6.45) is 3.47. The number of likely N-dealkylation sites (tertiary alicyclic amines) is 1. The molecule has 2 atom stereocenters. The summed E-state index contributed by atoms with van der Waals surface area (Å²) < 4.78 is 10.6. The average molecular weight is 358 g/mol. The lowest BCUT2D eigenvalue weighted by Crippen LogP contribution is -2.41. The third kappa shape index (κ3) is 2.91. The van der Waals surface area contributed by atoms with Crippen molar-refractivity contribution in [3.63, 3.8) is 0 Å². The van der Waals surface area contributed by atoms with E-state index in [1.807, 2.05) is 18.2 Å². The fourth-order valence-electron chi connectivity index (χ4n) is 4.04. The third-order valence-electron chi connectivity index (χ3n) is 5.51. The molecular weight excluding hydrogens is 336 g/mol. The number of amides is 3. The van der Waals surface area contributed by atoms with E-state index in [-0.39, 0.29) is 42.9 Å². The Balaban J connectivity index is 1.40. The Bertz CT molecular complexity index is 738. The van der Waals surface area contributed by atoms with Gasteiger partial charge in [0.1, 0.15) is 6.54 Å². The van der Waals surface area contributed by atoms with Crippen LogP contribution < -0.4 is 9.47 Å². The number of imide groups is 1. The van der Waals surface area contributed by atoms with Gasteiger partial charge in [0.25, 0.3) is 0 Å². The van der Waals surface area contributed by atoms with Crippen LogP contribution in [0, 0.1) is 11.8 Å². The van der Waals surface area contributed by atoms with E-state index >= 15 is 0 Å². The topological polar surface area (TPSA) is 76.2 Å². The molecule has 3 aliphatic rings. The molecule has 7 heteroatoms. The number of hydrogen-bond acceptors (Lipinski definition) is 5. The summed E-state index contributed by atoms with van der Waals surface area (Å²) in [5, 5.41) is 0. The van der Waals surface area contributed by atoms with Gasteiger partial charge in [0.05, 0.1) is 11.8 Å². The van der Waals surface area contributed by atoms with Gasteiger partial charge in [0.15, 0.2) is 11.5 Å². The van der Waals surface area contributed by atoms with Gasteiger partial charge in [0.2, 0.25) is 24.5 Å². The lowest BCUT2D eigenvalue weighted by Gasteiger charge is -2.21. The average Bonchev–Trinajstić information content (AvgIpc) is 3.20. The van der Waals surface area contributed by atoms with Crippen LogP contribution >= 0.6 is 0 Å². The summed E-state index contributed by atoms with van der Waals surface area (Å²) in [5.41, 5.74) is 0.901. The van der Waals surface area contributed by atoms with Crippen LogP contribution in [0.15, 0.2) is 18.2 Å². The van der Waals surface area contributed by atoms with Crippen LogP contribution in [0.4, 0.5) is 0 Å². The molecule has 0 bridgehead atoms. The highest BCUT2D eigenvalue weighted by atomic mass is 16.7. The number of fused-ring (bicyclic) bond motifs is 2. The van der Waals surface area contributed by atoms with E-state index in [9.17, 15) is 14.4 Å². The number of rotatable bonds is 4. The van der Waals surface area contributed by atoms with Crippen LogP contribution in [0.25, 0.3) is 0 Å². The smallest absolute Gasteiger partial charge is 0.242 e. The Morgan fingerprint density at radius 3 is 2.46 bits per heavy atom. The van der Waals surface area contributed by atoms with E-state index in [1.165, 1.54) is 9.80 Å². The largest absolute Gasteiger partial charge is 0.454 e. The third-order valence-corrected chi connectivity index (χ3v) is 5.51. The van der Waals surface area contributed by atoms with Crippen molar-refractivity contribution in [2.75, 3.05) is 20.4 Å². The minimum atomic E-state index is -0.247. The zero-order valence-electron chi connectivity index (χ0n) is 14.8. The van der Waals surface area contributed by atoms with Crippen LogP contribution in [0.3, 0.4) is 0 Å². The Morgan fingerprint density at radius 1 is 1.12 bits per heavy atom. The SMILES string of the molecule is CN(Cc1ccc2c(c1)OCO2)C(=O)CN1C(=O)C2CCCCC2C1=O. The molecule has 0 aromatic heterocycles. The van der Waals surface area contributed by atoms with Crippen molar-refractivity contribution in [1.82, 2.24) is 9.80 Å². The lowest BCUT2D eigenvalue weighted by atomic mass is 9.81. The molecule has 1 aromatic rings. The van der Waals surface area contributed by atoms with Crippen LogP contribution in [-0.2, 0) is 20.9 Å². The fraction of sp³-hybridized carbons (Fsp3) is 0.526. The van der Waals surface area contributed by atoms with Crippen molar-refractivity contribution in [3.8, 4) is 11.5 Å². The summed E-state index contributed by atoms with van der Waals surface area (Å²) in [6.45, 7) is 0.402. The minimum Gasteiger partial charge on any atom is -0.454 e. The highest BCUT2D eigenvalue weighted by Gasteiger charge is 2.48. The molecule has 0 radical (unpaired) electrons. The molecule has 1 aromatic carbocycles. The van der Waals surface area contributed by atoms with Gasteiger partial charge in [-0.3, -0.25) is 19.3 Å². The van der Waals surface area contributed by atoms with E-state index in [1.54, 1.807) is 7.05 Å². The van der Waals surface area contributed by atoms with Gasteiger partial charge in [-0.05, 0) is 30.5 Å². The molecule has 1 saturated carbocycles. The maximum atomic E-state index is 12.6. The molecule has 1 aliphatic carbocycles. The number of carbonyl (C=O) groups excluding carboxylic acids is 3. The Labute approximate surface area is 151 Å². The zero-order valence-corrected chi connectivity index (χ0v) is 14.8. The second kappa shape index (κ2) is 6.63. The minimum absolute atomic E-state index is 0.175. The van der Waals surface area contributed by atoms with Gasteiger partial charge >= 0.3 is 0 Å². The summed E-state index contributed by atoms with van der Waals surface area (Å²) in [6, 6.07) is 5.53. The number of nitrogens with zero attached hydrogens (tertiary/aromatic N) is 2. The number of hydrogen-bond donors (Lipinski definition) is 0. The van der Waals surface area contributed by atoms with E-state index in [0.717, 1.165) is 31.2 Å². The van der Waals surface area contributed by atoms with Gasteiger partial charge in [-0.2, -0.15) is 0 Å². The van der Waals surface area contributed by atoms with E-state index in [0.29, 0.717) is 18.0 Å². The van der Waals surface area contributed by atoms with Crippen LogP contribution in [-0.4, -0.2) is 47.9 Å². The van der Waals surface area contributed by atoms with Gasteiger partial charge in [-0.25, -0.2) is 0 Å². The molecule has 2 unspecified atom stereocenters. The molecule has 2 aliphatic heterocycles. The summed E-state index contributed by atoms with van der Waals surface area (Å²) in [7, 11) is 1.67. The van der Waals surface area contributed by atoms with Crippen molar-refractivity contribution >= 4 is 17.7 Å². The molecule has 7 nitrogen and oxygen atoms in total. The van der Waals surface area contributed by atoms with Crippen molar-refractivity contribution in [2.45, 2.75) is 32.2 Å². The second-order valence-corrected chi connectivity index (χ2v) is 7.20. The molecule has 2 fully saturated rings. The van der Waals surface area contributed by atoms with E-state index in [4.69, 9.17) is 9.47 Å². The standard InChI is InChI=1S/C19H22N2O5/c1-20(9-12-6-7-15-16(8-12)26-11-25-15)17(22)10-21-18(23)13-4-2-3-5-14(13)19(21)24/h6-8,13-14H,2-5,9-11H2,1H3. The van der Waals surface area contributed by atoms with Crippen molar-refractivity contribution in [3.05, 3.63) is 23.8 Å². The molecular formula is C19H22N2O5. The molecule has 0 N–H and O–H groups in total. The summed E-state index contributed by atoms with van der Waals surface area (Å²) in [5.74, 6) is 0.319. The molecule has 26 heavy (non-hydrogen) atoms. The van der Waals surface area contributed by atoms with Gasteiger partial charge in [0, 0.05) is 13.6 Å². The predicted molar refractivity (Wildman–Crippen MR) is 91.2 cm³/mol. The van der Waals surface area contributed by atoms with Gasteiger partial charge in [-0.1, -0.05) is 18.9 Å². The van der Waals surface area contributed by atoms with Crippen molar-refractivity contribution in [2.24, 2.45) is 11.8 Å². The maximum Gasteiger partial charge on any atom is 0.242 e. The number of carbonyl (C=O) groups is 3. The number of benzene rings is 1. The first kappa shape index (κ1) is 16.9. The van der Waals surface area contributed by atoms with Crippen LogP contribution in [0.2, 0.25) is 0 Å². The van der Waals surface area contributed by atoms with E-state index in [2.05, 4.69) is 0 Å². The Kier molecular flexibility index (Phi) is 4.30. The molecule has 138 valence electrons. The highest BCUT2D eigenvalue weighted by molar-refractivity contribution is 6.07. The number of likely N-dealkylation sites (N-methyl/N-ethyl adjacent to an activating group) is 1. The van der Waals surface area contributed by atoms with Crippen LogP contribution in [0.5, 0.6) is 11.5 Å². The first-order valence-electron chi connectivity index (χ1n) is 9.02. The van der Waals surface area contributed by atoms with E-state index < -0.39 is 0 Å². The zero-order chi connectivity index (χ0) is 18.3. The molecule has 2 heterocycles. The summed E-state index contributed by atoms with van der Waals surface area (Å²) >= 11 is 0. The summed E-state index contributed by atoms with van der Waals surface area (Å²) in [4.78, 5) is 40.2. The fourth-order valence-corrected chi connectivity index (χ4v) is 4.04. The lowest BCUT2D eigenvalue weighted by molar-refractivity contribution is -0.146. The number of ether oxygens (including phenoxy) is 2. The quantitative estimate of drug-likeness (QED) is 0.764. The first-order chi connectivity index (χ1) is 12.5. The van der Waals surface area contributed by atoms with Crippen molar-refractivity contribution in [1.29, 1.82) is 0 Å². The maximum absolute atomic E-state index is 12.6. The Hall–Kier alpha value is -2.57. The molecule has 4 rings (SSSR count). The second-order valence-electron chi connectivity index (χ2n) is 7.20. The van der Waals surface area contributed by atoms with Gasteiger partial charge in [-0.15, -0.1) is 0 Å². The first-order valence-corrected chi connectivity index (χ1v) is 9.02. The van der Waals surface area contributed by atoms with Gasteiger partial charge < -0.3 is 14.4 Å². The predicted octanol–water partition coefficient (Wildman–Crippen LogP) is 1.55. The molecule has 0 spiro atoms. The monoisotopic (exact) mass is 358 g/mol. The van der Waals surface area contributed by atoms with Crippen LogP contribution in [0.1, 0.15) is 31.2 Å². The van der Waals surface area contributed by atoms with Crippen molar-refractivity contribution < 1.29 is 23.9 Å². The normalized spacial score (nSPS) is 24.0. The highest BCUT2D eigenvalue weighted by Crippen LogP contribution is 2.38. The Morgan fingerprint density at radius 2 is 1.77 bits per heavy atom. The molecule has 3 amide bonds. The molecule has 1 saturated heterocycles.